The summed E-state index contributed by atoms with van der Waals surface area (Å²) in [4.78, 5) is 11.7. The van der Waals surface area contributed by atoms with Crippen molar-refractivity contribution in [2.45, 2.75) is 19.0 Å². The van der Waals surface area contributed by atoms with Crippen LogP contribution in [0.1, 0.15) is 12.0 Å². The van der Waals surface area contributed by atoms with E-state index in [4.69, 9.17) is 4.74 Å². The fourth-order valence-corrected chi connectivity index (χ4v) is 2.04. The molecule has 1 aliphatic heterocycles. The Hall–Kier alpha value is -1.75. The lowest BCUT2D eigenvalue weighted by atomic mass is 10.2. The third-order valence-electron chi connectivity index (χ3n) is 3.03. The number of amides is 2. The maximum Gasteiger partial charge on any atom is 0.315 e. The lowest BCUT2D eigenvalue weighted by Gasteiger charge is -2.13. The molecule has 1 fully saturated rings. The summed E-state index contributed by atoms with van der Waals surface area (Å²) in [5.74, 6) is 0.792. The van der Waals surface area contributed by atoms with E-state index < -0.39 is 0 Å². The highest BCUT2D eigenvalue weighted by atomic mass is 16.5. The molecule has 0 radical (unpaired) electrons. The van der Waals surface area contributed by atoms with E-state index in [0.29, 0.717) is 6.54 Å². The summed E-state index contributed by atoms with van der Waals surface area (Å²) in [6, 6.07) is 7.77. The topological polar surface area (TPSA) is 62.4 Å². The molecule has 1 aromatic carbocycles. The van der Waals surface area contributed by atoms with Gasteiger partial charge in [-0.1, -0.05) is 18.2 Å². The molecule has 1 aliphatic rings. The Kier molecular flexibility index (Phi) is 4.41. The Morgan fingerprint density at radius 3 is 3.06 bits per heavy atom. The molecule has 1 aromatic rings. The van der Waals surface area contributed by atoms with Crippen molar-refractivity contribution in [3.05, 3.63) is 29.8 Å². The molecule has 1 saturated heterocycles. The van der Waals surface area contributed by atoms with Gasteiger partial charge in [0.25, 0.3) is 0 Å². The first kappa shape index (κ1) is 12.7. The molecule has 2 amide bonds. The van der Waals surface area contributed by atoms with E-state index in [-0.39, 0.29) is 12.1 Å². The molecular formula is C13H19N3O2. The third kappa shape index (κ3) is 3.37. The van der Waals surface area contributed by atoms with E-state index in [2.05, 4.69) is 16.0 Å². The van der Waals surface area contributed by atoms with E-state index in [0.717, 1.165) is 30.8 Å². The van der Waals surface area contributed by atoms with Gasteiger partial charge in [0, 0.05) is 24.7 Å². The van der Waals surface area contributed by atoms with Crippen LogP contribution in [0.3, 0.4) is 0 Å². The number of benzene rings is 1. The second kappa shape index (κ2) is 6.26. The summed E-state index contributed by atoms with van der Waals surface area (Å²) in [6.07, 6.45) is 0.988. The first-order valence-electron chi connectivity index (χ1n) is 6.16. The molecule has 1 atom stereocenters. The van der Waals surface area contributed by atoms with Crippen LogP contribution in [0.25, 0.3) is 0 Å². The summed E-state index contributed by atoms with van der Waals surface area (Å²) in [5, 5.41) is 8.98. The number of hydrogen-bond donors (Lipinski definition) is 3. The summed E-state index contributed by atoms with van der Waals surface area (Å²) in [7, 11) is 1.63. The molecule has 0 aromatic heterocycles. The van der Waals surface area contributed by atoms with Crippen LogP contribution >= 0.6 is 0 Å². The van der Waals surface area contributed by atoms with Crippen molar-refractivity contribution >= 4 is 6.03 Å². The van der Waals surface area contributed by atoms with E-state index >= 15 is 0 Å². The summed E-state index contributed by atoms with van der Waals surface area (Å²) < 4.78 is 5.23. The number of rotatable bonds is 4. The van der Waals surface area contributed by atoms with Gasteiger partial charge in [0.1, 0.15) is 5.75 Å². The van der Waals surface area contributed by atoms with Crippen LogP contribution in [0, 0.1) is 0 Å². The van der Waals surface area contributed by atoms with Crippen LogP contribution in [-0.4, -0.2) is 32.3 Å². The minimum Gasteiger partial charge on any atom is -0.496 e. The van der Waals surface area contributed by atoms with Gasteiger partial charge in [0.05, 0.1) is 7.11 Å². The minimum absolute atomic E-state index is 0.130. The van der Waals surface area contributed by atoms with E-state index in [9.17, 15) is 4.79 Å². The highest BCUT2D eigenvalue weighted by Crippen LogP contribution is 2.16. The van der Waals surface area contributed by atoms with E-state index in [1.807, 2.05) is 24.3 Å². The number of urea groups is 1. The second-order valence-corrected chi connectivity index (χ2v) is 4.33. The fourth-order valence-electron chi connectivity index (χ4n) is 2.04. The molecule has 2 rings (SSSR count). The maximum absolute atomic E-state index is 11.7. The zero-order valence-electron chi connectivity index (χ0n) is 10.5. The SMILES string of the molecule is COc1ccccc1CNC(=O)NC1CCNC1. The second-order valence-electron chi connectivity index (χ2n) is 4.33. The number of carbonyl (C=O) groups excluding carboxylic acids is 1. The Morgan fingerprint density at radius 1 is 1.50 bits per heavy atom. The number of ether oxygens (including phenoxy) is 1. The minimum atomic E-state index is -0.130. The zero-order chi connectivity index (χ0) is 12.8. The molecule has 98 valence electrons. The van der Waals surface area contributed by atoms with Gasteiger partial charge in [-0.2, -0.15) is 0 Å². The Bertz CT molecular complexity index is 403. The molecule has 1 heterocycles. The Labute approximate surface area is 107 Å². The van der Waals surface area contributed by atoms with Crippen LogP contribution in [-0.2, 0) is 6.54 Å². The summed E-state index contributed by atoms with van der Waals surface area (Å²) in [6.45, 7) is 2.29. The molecule has 1 unspecified atom stereocenters. The van der Waals surface area contributed by atoms with Gasteiger partial charge in [0.15, 0.2) is 0 Å². The highest BCUT2D eigenvalue weighted by molar-refractivity contribution is 5.74. The number of hydrogen-bond acceptors (Lipinski definition) is 3. The van der Waals surface area contributed by atoms with Gasteiger partial charge >= 0.3 is 6.03 Å². The lowest BCUT2D eigenvalue weighted by Crippen LogP contribution is -2.42. The van der Waals surface area contributed by atoms with Gasteiger partial charge < -0.3 is 20.7 Å². The molecule has 18 heavy (non-hydrogen) atoms. The zero-order valence-corrected chi connectivity index (χ0v) is 10.5. The summed E-state index contributed by atoms with van der Waals surface area (Å²) in [5.41, 5.74) is 0.972. The van der Waals surface area contributed by atoms with Gasteiger partial charge in [-0.05, 0) is 19.0 Å². The standard InChI is InChI=1S/C13H19N3O2/c1-18-12-5-3-2-4-10(12)8-15-13(17)16-11-6-7-14-9-11/h2-5,11,14H,6-9H2,1H3,(H2,15,16,17). The average Bonchev–Trinajstić information content (AvgIpc) is 2.89. The molecule has 0 aliphatic carbocycles. The van der Waals surface area contributed by atoms with Crippen molar-refractivity contribution < 1.29 is 9.53 Å². The molecule has 5 nitrogen and oxygen atoms in total. The lowest BCUT2D eigenvalue weighted by molar-refractivity contribution is 0.237. The van der Waals surface area contributed by atoms with Crippen LogP contribution < -0.4 is 20.7 Å². The molecule has 0 bridgehead atoms. The van der Waals surface area contributed by atoms with Crippen LogP contribution in [0.5, 0.6) is 5.75 Å². The van der Waals surface area contributed by atoms with Crippen molar-refractivity contribution in [1.29, 1.82) is 0 Å². The highest BCUT2D eigenvalue weighted by Gasteiger charge is 2.16. The van der Waals surface area contributed by atoms with E-state index in [1.165, 1.54) is 0 Å². The first-order chi connectivity index (χ1) is 8.79. The third-order valence-corrected chi connectivity index (χ3v) is 3.03. The van der Waals surface area contributed by atoms with Crippen molar-refractivity contribution in [1.82, 2.24) is 16.0 Å². The largest absolute Gasteiger partial charge is 0.496 e. The van der Waals surface area contributed by atoms with Crippen molar-refractivity contribution in [3.8, 4) is 5.75 Å². The van der Waals surface area contributed by atoms with Crippen molar-refractivity contribution in [2.24, 2.45) is 0 Å². The van der Waals surface area contributed by atoms with Crippen LogP contribution in [0.4, 0.5) is 4.79 Å². The van der Waals surface area contributed by atoms with Crippen LogP contribution in [0.2, 0.25) is 0 Å². The normalized spacial score (nSPS) is 18.4. The predicted octanol–water partition coefficient (Wildman–Crippen LogP) is 0.856. The van der Waals surface area contributed by atoms with Crippen LogP contribution in [0.15, 0.2) is 24.3 Å². The average molecular weight is 249 g/mol. The summed E-state index contributed by atoms with van der Waals surface area (Å²) >= 11 is 0. The monoisotopic (exact) mass is 249 g/mol. The van der Waals surface area contributed by atoms with Gasteiger partial charge in [-0.3, -0.25) is 0 Å². The number of carbonyl (C=O) groups is 1. The number of nitrogens with one attached hydrogen (secondary N) is 3. The quantitative estimate of drug-likeness (QED) is 0.741. The van der Waals surface area contributed by atoms with Gasteiger partial charge in [-0.25, -0.2) is 4.79 Å². The Balaban J connectivity index is 1.81. The van der Waals surface area contributed by atoms with Crippen molar-refractivity contribution in [3.63, 3.8) is 0 Å². The van der Waals surface area contributed by atoms with E-state index in [1.54, 1.807) is 7.11 Å². The fraction of sp³-hybridized carbons (Fsp3) is 0.462. The van der Waals surface area contributed by atoms with Gasteiger partial charge in [0.2, 0.25) is 0 Å². The molecule has 3 N–H and O–H groups in total. The molecular weight excluding hydrogens is 230 g/mol. The first-order valence-corrected chi connectivity index (χ1v) is 6.16. The maximum atomic E-state index is 11.7. The number of para-hydroxylation sites is 1. The predicted molar refractivity (Wildman–Crippen MR) is 69.6 cm³/mol. The Morgan fingerprint density at radius 2 is 2.33 bits per heavy atom. The van der Waals surface area contributed by atoms with Gasteiger partial charge in [-0.15, -0.1) is 0 Å². The molecule has 0 saturated carbocycles. The van der Waals surface area contributed by atoms with Crippen molar-refractivity contribution in [2.75, 3.05) is 20.2 Å². The molecule has 5 heteroatoms. The molecule has 0 spiro atoms. The number of methoxy groups -OCH3 is 1. The smallest absolute Gasteiger partial charge is 0.315 e.